The molecule has 0 spiro atoms. The molecule has 0 heterocycles. The van der Waals surface area contributed by atoms with E-state index in [1.165, 1.54) is 12.1 Å². The highest BCUT2D eigenvalue weighted by Crippen LogP contribution is 2.15. The molecule has 0 saturated carbocycles. The van der Waals surface area contributed by atoms with Crippen LogP contribution in [0.5, 0.6) is 5.75 Å². The largest absolute Gasteiger partial charge is 0.508 e. The van der Waals surface area contributed by atoms with Gasteiger partial charge < -0.3 is 9.84 Å². The summed E-state index contributed by atoms with van der Waals surface area (Å²) in [5.74, 6) is 0.334. The van der Waals surface area contributed by atoms with Crippen molar-refractivity contribution in [2.24, 2.45) is 5.92 Å². The summed E-state index contributed by atoms with van der Waals surface area (Å²) in [6, 6.07) is 6.11. The summed E-state index contributed by atoms with van der Waals surface area (Å²) in [6.45, 7) is 6.23. The lowest BCUT2D eigenvalue weighted by Gasteiger charge is -2.18. The fraction of sp³-hybridized carbons (Fsp3) is 0.500. The van der Waals surface area contributed by atoms with Gasteiger partial charge in [0, 0.05) is 0 Å². The predicted molar refractivity (Wildman–Crippen MR) is 67.1 cm³/mol. The molecule has 1 aromatic carbocycles. The maximum Gasteiger partial charge on any atom is 0.338 e. The fourth-order valence-electron chi connectivity index (χ4n) is 1.64. The smallest absolute Gasteiger partial charge is 0.338 e. The Morgan fingerprint density at radius 3 is 2.35 bits per heavy atom. The summed E-state index contributed by atoms with van der Waals surface area (Å²) in [4.78, 5) is 11.8. The standard InChI is InChI=1S/C14H20O3/c1-4-13(9-10(2)3)17-14(16)11-5-7-12(15)8-6-11/h5-8,10,13,15H,4,9H2,1-3H3. The number of ether oxygens (including phenoxy) is 1. The highest BCUT2D eigenvalue weighted by Gasteiger charge is 2.15. The van der Waals surface area contributed by atoms with Crippen LogP contribution in [0.2, 0.25) is 0 Å². The average molecular weight is 236 g/mol. The summed E-state index contributed by atoms with van der Waals surface area (Å²) in [6.07, 6.45) is 1.67. The maximum absolute atomic E-state index is 11.8. The SMILES string of the molecule is CCC(CC(C)C)OC(=O)c1ccc(O)cc1. The third-order valence-electron chi connectivity index (χ3n) is 2.57. The second-order valence-corrected chi connectivity index (χ2v) is 4.61. The monoisotopic (exact) mass is 236 g/mol. The van der Waals surface area contributed by atoms with Crippen molar-refractivity contribution in [3.05, 3.63) is 29.8 Å². The number of carbonyl (C=O) groups is 1. The van der Waals surface area contributed by atoms with E-state index in [-0.39, 0.29) is 17.8 Å². The van der Waals surface area contributed by atoms with Gasteiger partial charge in [-0.25, -0.2) is 4.79 Å². The van der Waals surface area contributed by atoms with Gasteiger partial charge in [0.1, 0.15) is 11.9 Å². The van der Waals surface area contributed by atoms with Crippen molar-refractivity contribution in [2.45, 2.75) is 39.7 Å². The van der Waals surface area contributed by atoms with Crippen molar-refractivity contribution in [1.82, 2.24) is 0 Å². The molecule has 0 aliphatic carbocycles. The molecule has 1 aromatic rings. The molecule has 0 saturated heterocycles. The molecule has 94 valence electrons. The molecule has 1 N–H and O–H groups in total. The van der Waals surface area contributed by atoms with Crippen molar-refractivity contribution in [2.75, 3.05) is 0 Å². The molecule has 3 nitrogen and oxygen atoms in total. The van der Waals surface area contributed by atoms with E-state index in [2.05, 4.69) is 13.8 Å². The molecule has 0 radical (unpaired) electrons. The number of hydrogen-bond donors (Lipinski definition) is 1. The summed E-state index contributed by atoms with van der Waals surface area (Å²) in [7, 11) is 0. The molecule has 0 fully saturated rings. The average Bonchev–Trinajstić information content (AvgIpc) is 2.28. The highest BCUT2D eigenvalue weighted by molar-refractivity contribution is 5.89. The van der Waals surface area contributed by atoms with Gasteiger partial charge in [-0.1, -0.05) is 20.8 Å². The van der Waals surface area contributed by atoms with E-state index in [9.17, 15) is 4.79 Å². The summed E-state index contributed by atoms with van der Waals surface area (Å²) in [5.41, 5.74) is 0.477. The Labute approximate surface area is 102 Å². The van der Waals surface area contributed by atoms with Crippen LogP contribution in [0.15, 0.2) is 24.3 Å². The number of aromatic hydroxyl groups is 1. The van der Waals surface area contributed by atoms with Gasteiger partial charge in [0.25, 0.3) is 0 Å². The molecule has 17 heavy (non-hydrogen) atoms. The van der Waals surface area contributed by atoms with E-state index in [1.807, 2.05) is 6.92 Å². The van der Waals surface area contributed by atoms with Gasteiger partial charge in [-0.3, -0.25) is 0 Å². The van der Waals surface area contributed by atoms with Crippen LogP contribution in [0.4, 0.5) is 0 Å². The quantitative estimate of drug-likeness (QED) is 0.797. The van der Waals surface area contributed by atoms with E-state index < -0.39 is 0 Å². The minimum atomic E-state index is -0.322. The molecule has 1 unspecified atom stereocenters. The second-order valence-electron chi connectivity index (χ2n) is 4.61. The zero-order valence-electron chi connectivity index (χ0n) is 10.6. The molecule has 0 aliphatic rings. The van der Waals surface area contributed by atoms with Gasteiger partial charge in [0.2, 0.25) is 0 Å². The summed E-state index contributed by atoms with van der Waals surface area (Å²) in [5, 5.41) is 9.13. The van der Waals surface area contributed by atoms with Crippen LogP contribution in [0.1, 0.15) is 44.0 Å². The van der Waals surface area contributed by atoms with Gasteiger partial charge in [0.15, 0.2) is 0 Å². The maximum atomic E-state index is 11.8. The molecule has 0 aliphatic heterocycles. The number of hydrogen-bond acceptors (Lipinski definition) is 3. The minimum absolute atomic E-state index is 0.0312. The topological polar surface area (TPSA) is 46.5 Å². The molecule has 3 heteroatoms. The van der Waals surface area contributed by atoms with Crippen LogP contribution >= 0.6 is 0 Å². The van der Waals surface area contributed by atoms with E-state index >= 15 is 0 Å². The lowest BCUT2D eigenvalue weighted by atomic mass is 10.0. The molecule has 0 bridgehead atoms. The lowest BCUT2D eigenvalue weighted by Crippen LogP contribution is -2.19. The Morgan fingerprint density at radius 2 is 1.88 bits per heavy atom. The van der Waals surface area contributed by atoms with E-state index in [4.69, 9.17) is 9.84 Å². The van der Waals surface area contributed by atoms with Gasteiger partial charge >= 0.3 is 5.97 Å². The number of phenolic OH excluding ortho intramolecular Hbond substituents is 1. The molecule has 0 aromatic heterocycles. The van der Waals surface area contributed by atoms with Gasteiger partial charge in [-0.2, -0.15) is 0 Å². The van der Waals surface area contributed by atoms with Crippen molar-refractivity contribution in [1.29, 1.82) is 0 Å². The summed E-state index contributed by atoms with van der Waals surface area (Å²) >= 11 is 0. The zero-order chi connectivity index (χ0) is 12.8. The first-order valence-electron chi connectivity index (χ1n) is 6.03. The minimum Gasteiger partial charge on any atom is -0.508 e. The van der Waals surface area contributed by atoms with Gasteiger partial charge in [0.05, 0.1) is 5.56 Å². The predicted octanol–water partition coefficient (Wildman–Crippen LogP) is 3.37. The van der Waals surface area contributed by atoms with Crippen LogP contribution in [-0.2, 0) is 4.74 Å². The Bertz CT molecular complexity index is 354. The van der Waals surface area contributed by atoms with Crippen LogP contribution in [0.25, 0.3) is 0 Å². The number of esters is 1. The zero-order valence-corrected chi connectivity index (χ0v) is 10.6. The second kappa shape index (κ2) is 6.28. The fourth-order valence-corrected chi connectivity index (χ4v) is 1.64. The number of carbonyl (C=O) groups excluding carboxylic acids is 1. The highest BCUT2D eigenvalue weighted by atomic mass is 16.5. The van der Waals surface area contributed by atoms with Crippen LogP contribution < -0.4 is 0 Å². The Balaban J connectivity index is 2.61. The van der Waals surface area contributed by atoms with Crippen LogP contribution in [-0.4, -0.2) is 17.2 Å². The Morgan fingerprint density at radius 1 is 1.29 bits per heavy atom. The molecular weight excluding hydrogens is 216 g/mol. The third kappa shape index (κ3) is 4.47. The molecule has 1 atom stereocenters. The van der Waals surface area contributed by atoms with Crippen LogP contribution in [0.3, 0.4) is 0 Å². The van der Waals surface area contributed by atoms with Gasteiger partial charge in [-0.05, 0) is 43.0 Å². The molecule has 0 amide bonds. The van der Waals surface area contributed by atoms with E-state index in [1.54, 1.807) is 12.1 Å². The van der Waals surface area contributed by atoms with Crippen LogP contribution in [0, 0.1) is 5.92 Å². The normalized spacial score (nSPS) is 12.5. The first-order valence-corrected chi connectivity index (χ1v) is 6.03. The Kier molecular flexibility index (Phi) is 5.01. The number of benzene rings is 1. The third-order valence-corrected chi connectivity index (χ3v) is 2.57. The number of rotatable bonds is 5. The van der Waals surface area contributed by atoms with E-state index in [0.29, 0.717) is 11.5 Å². The first-order chi connectivity index (χ1) is 8.02. The van der Waals surface area contributed by atoms with E-state index in [0.717, 1.165) is 12.8 Å². The first kappa shape index (κ1) is 13.6. The summed E-state index contributed by atoms with van der Waals surface area (Å²) < 4.78 is 5.42. The van der Waals surface area contributed by atoms with Crippen molar-refractivity contribution in [3.63, 3.8) is 0 Å². The molecular formula is C14H20O3. The van der Waals surface area contributed by atoms with Crippen molar-refractivity contribution < 1.29 is 14.6 Å². The lowest BCUT2D eigenvalue weighted by molar-refractivity contribution is 0.0244. The van der Waals surface area contributed by atoms with Crippen molar-refractivity contribution >= 4 is 5.97 Å². The molecule has 1 rings (SSSR count). The Hall–Kier alpha value is -1.51. The number of phenols is 1. The van der Waals surface area contributed by atoms with Crippen molar-refractivity contribution in [3.8, 4) is 5.75 Å². The van der Waals surface area contributed by atoms with Gasteiger partial charge in [-0.15, -0.1) is 0 Å².